The minimum atomic E-state index is 0. The molecule has 0 bridgehead atoms. The summed E-state index contributed by atoms with van der Waals surface area (Å²) in [5.74, 6) is 0. The van der Waals surface area contributed by atoms with Gasteiger partial charge < -0.3 is 59.2 Å². The van der Waals surface area contributed by atoms with Crippen molar-refractivity contribution in [2.45, 2.75) is 0 Å². The molecule has 0 aromatic carbocycles. The van der Waals surface area contributed by atoms with E-state index >= 15 is 0 Å². The van der Waals surface area contributed by atoms with E-state index in [0.717, 1.165) is 0 Å². The Bertz CT molecular complexity index is 78.4. The molecule has 0 atom stereocenters. The molecule has 0 aromatic rings. The standard InChI is InChI=1S/5CN.K.Os/c5*1-2;;/q5*-1;+1;+4. The molecule has 12 heavy (non-hydrogen) atoms. The topological polar surface area (TPSA) is 119 Å². The van der Waals surface area contributed by atoms with Crippen LogP contribution in [0.1, 0.15) is 0 Å². The molecule has 0 aliphatic heterocycles. The Morgan fingerprint density at radius 1 is 0.417 bits per heavy atom. The maximum Gasteiger partial charge on any atom is 4.00 e. The molecule has 5 nitrogen and oxygen atoms in total. The van der Waals surface area contributed by atoms with E-state index in [0.29, 0.717) is 0 Å². The zero-order chi connectivity index (χ0) is 10.0. The van der Waals surface area contributed by atoms with Crippen molar-refractivity contribution < 1.29 is 71.2 Å². The number of hydrogen-bond donors (Lipinski definition) is 0. The van der Waals surface area contributed by atoms with Gasteiger partial charge in [-0.15, -0.1) is 0 Å². The summed E-state index contributed by atoms with van der Waals surface area (Å²) in [4.78, 5) is 0. The van der Waals surface area contributed by atoms with Crippen molar-refractivity contribution in [2.24, 2.45) is 0 Å². The van der Waals surface area contributed by atoms with Gasteiger partial charge in [-0.05, 0) is 0 Å². The third kappa shape index (κ3) is 9620. The van der Waals surface area contributed by atoms with Gasteiger partial charge >= 0.3 is 71.2 Å². The van der Waals surface area contributed by atoms with Gasteiger partial charge in [0.15, 0.2) is 0 Å². The summed E-state index contributed by atoms with van der Waals surface area (Å²) in [7, 11) is 0. The predicted octanol–water partition coefficient (Wildman–Crippen LogP) is -2.52. The molecule has 0 aromatic heterocycles. The first-order valence-electron chi connectivity index (χ1n) is 1.12. The zero-order valence-electron chi connectivity index (χ0n) is 6.09. The third-order valence-electron chi connectivity index (χ3n) is 0. The van der Waals surface area contributed by atoms with Crippen molar-refractivity contribution in [3.8, 4) is 0 Å². The summed E-state index contributed by atoms with van der Waals surface area (Å²) in [5, 5.41) is 31.2. The Balaban J connectivity index is -0.00000000500. The average Bonchev–Trinajstić information content (AvgIpc) is 2.20. The van der Waals surface area contributed by atoms with Crippen molar-refractivity contribution in [3.63, 3.8) is 0 Å². The van der Waals surface area contributed by atoms with Crippen LogP contribution in [0.3, 0.4) is 0 Å². The van der Waals surface area contributed by atoms with E-state index < -0.39 is 0 Å². The van der Waals surface area contributed by atoms with Crippen LogP contribution in [-0.2, 0) is 19.8 Å². The fourth-order valence-electron chi connectivity index (χ4n) is 0. The number of rotatable bonds is 0. The molecule has 0 saturated heterocycles. The molecule has 0 amide bonds. The molecule has 7 heteroatoms. The smallest absolute Gasteiger partial charge is 0.512 e. The summed E-state index contributed by atoms with van der Waals surface area (Å²) in [6.45, 7) is 23.8. The second kappa shape index (κ2) is 13200. The van der Waals surface area contributed by atoms with Crippen molar-refractivity contribution in [3.05, 3.63) is 32.9 Å². The molecule has 54 valence electrons. The summed E-state index contributed by atoms with van der Waals surface area (Å²) in [6.07, 6.45) is 0. The van der Waals surface area contributed by atoms with Gasteiger partial charge in [-0.1, -0.05) is 0 Å². The Kier molecular flexibility index (Phi) is 66400. The van der Waals surface area contributed by atoms with E-state index in [4.69, 9.17) is 59.2 Å². The molecular weight excluding hydrogens is 359 g/mol. The molecule has 0 saturated carbocycles. The Morgan fingerprint density at radius 3 is 0.417 bits per heavy atom. The molecule has 0 fully saturated rings. The average molecular weight is 359 g/mol. The summed E-state index contributed by atoms with van der Waals surface area (Å²) >= 11 is 0. The molecule has 0 aliphatic carbocycles. The second-order valence-corrected chi connectivity index (χ2v) is 0. The molecular formula is C5KN5Os. The van der Waals surface area contributed by atoms with Crippen LogP contribution >= 0.6 is 0 Å². The predicted molar refractivity (Wildman–Crippen MR) is 24.8 cm³/mol. The van der Waals surface area contributed by atoms with Crippen LogP contribution in [-0.4, -0.2) is 0 Å². The fraction of sp³-hybridized carbons (Fsp3) is 0. The number of nitrogens with zero attached hydrogens (tertiary/aromatic N) is 5. The van der Waals surface area contributed by atoms with Gasteiger partial charge in [-0.3, -0.25) is 0 Å². The van der Waals surface area contributed by atoms with E-state index in [2.05, 4.69) is 0 Å². The largest absolute Gasteiger partial charge is 4.00 e. The number of hydrogen-bond acceptors (Lipinski definition) is 5. The van der Waals surface area contributed by atoms with Crippen LogP contribution in [0, 0.1) is 59.2 Å². The van der Waals surface area contributed by atoms with Crippen LogP contribution in [0.25, 0.3) is 0 Å². The first-order chi connectivity index (χ1) is 5.00. The molecule has 0 radical (unpaired) electrons. The maximum absolute atomic E-state index is 6.25. The minimum absolute atomic E-state index is 0. The van der Waals surface area contributed by atoms with Crippen molar-refractivity contribution in [1.82, 2.24) is 0 Å². The summed E-state index contributed by atoms with van der Waals surface area (Å²) in [5.41, 5.74) is 0. The molecule has 0 rings (SSSR count). The van der Waals surface area contributed by atoms with Gasteiger partial charge in [-0.25, -0.2) is 0 Å². The van der Waals surface area contributed by atoms with Crippen LogP contribution in [0.2, 0.25) is 0 Å². The van der Waals surface area contributed by atoms with Crippen molar-refractivity contribution in [1.29, 1.82) is 26.3 Å². The molecule has 0 spiro atoms. The Labute approximate surface area is 128 Å². The zero-order valence-corrected chi connectivity index (χ0v) is 11.8. The quantitative estimate of drug-likeness (QED) is 0.349. The molecule has 0 aliphatic rings. The van der Waals surface area contributed by atoms with Gasteiger partial charge in [0.2, 0.25) is 0 Å². The van der Waals surface area contributed by atoms with Crippen LogP contribution in [0.15, 0.2) is 0 Å². The van der Waals surface area contributed by atoms with E-state index in [9.17, 15) is 0 Å². The van der Waals surface area contributed by atoms with Crippen molar-refractivity contribution in [2.75, 3.05) is 0 Å². The normalized spacial score (nSPS) is 0.833. The Morgan fingerprint density at radius 2 is 0.417 bits per heavy atom. The van der Waals surface area contributed by atoms with Gasteiger partial charge in [0, 0.05) is 0 Å². The molecule has 0 unspecified atom stereocenters. The van der Waals surface area contributed by atoms with E-state index in [1.807, 2.05) is 0 Å². The monoisotopic (exact) mass is 361 g/mol. The van der Waals surface area contributed by atoms with Gasteiger partial charge in [0.1, 0.15) is 0 Å². The summed E-state index contributed by atoms with van der Waals surface area (Å²) < 4.78 is 0. The van der Waals surface area contributed by atoms with Gasteiger partial charge in [-0.2, -0.15) is 0 Å². The van der Waals surface area contributed by atoms with Crippen LogP contribution < -0.4 is 51.4 Å². The van der Waals surface area contributed by atoms with Crippen molar-refractivity contribution >= 4 is 0 Å². The SMILES string of the molecule is [C-]#N.[C-]#N.[C-]#N.[C-]#N.[C-]#N.[K+].[Os+4]. The van der Waals surface area contributed by atoms with Crippen LogP contribution in [0.4, 0.5) is 0 Å². The minimum Gasteiger partial charge on any atom is -0.512 e. The van der Waals surface area contributed by atoms with Crippen LogP contribution in [0.5, 0.6) is 0 Å². The second-order valence-electron chi connectivity index (χ2n) is 0. The first-order valence-corrected chi connectivity index (χ1v) is 1.12. The first kappa shape index (κ1) is 60.4. The van der Waals surface area contributed by atoms with Gasteiger partial charge in [0.25, 0.3) is 0 Å². The van der Waals surface area contributed by atoms with E-state index in [1.54, 1.807) is 0 Å². The Hall–Kier alpha value is -0.277. The van der Waals surface area contributed by atoms with Gasteiger partial charge in [0.05, 0.1) is 0 Å². The maximum atomic E-state index is 6.25. The molecule has 0 heterocycles. The summed E-state index contributed by atoms with van der Waals surface area (Å²) in [6, 6.07) is 0. The molecule has 0 N–H and O–H groups in total. The third-order valence-corrected chi connectivity index (χ3v) is 0. The fourth-order valence-corrected chi connectivity index (χ4v) is 0. The van der Waals surface area contributed by atoms with E-state index in [-0.39, 0.29) is 71.2 Å². The van der Waals surface area contributed by atoms with E-state index in [1.165, 1.54) is 0 Å².